The number of thioether (sulfide) groups is 1. The van der Waals surface area contributed by atoms with E-state index in [1.165, 1.54) is 18.0 Å². The molecule has 2 N–H and O–H groups in total. The number of anilines is 1. The lowest BCUT2D eigenvalue weighted by Crippen LogP contribution is -2.30. The fraction of sp³-hybridized carbons (Fsp3) is 0.385. The number of halogens is 2. The zero-order valence-corrected chi connectivity index (χ0v) is 14.6. The minimum atomic E-state index is -0.0628. The molecule has 0 radical (unpaired) electrons. The zero-order chi connectivity index (χ0) is 16.7. The molecule has 2 aromatic rings. The van der Waals surface area contributed by atoms with Crippen LogP contribution in [-0.4, -0.2) is 39.9 Å². The molecule has 23 heavy (non-hydrogen) atoms. The molecular weight excluding hydrogens is 361 g/mol. The Kier molecular flexibility index (Phi) is 6.94. The van der Waals surface area contributed by atoms with E-state index in [0.717, 1.165) is 0 Å². The first-order valence-corrected chi connectivity index (χ1v) is 8.64. The summed E-state index contributed by atoms with van der Waals surface area (Å²) in [5, 5.41) is 10.5. The lowest BCUT2D eigenvalue weighted by atomic mass is 10.4. The Morgan fingerprint density at radius 2 is 2.22 bits per heavy atom. The number of rotatable bonds is 8. The van der Waals surface area contributed by atoms with E-state index < -0.39 is 0 Å². The Morgan fingerprint density at radius 1 is 1.39 bits per heavy atom. The van der Waals surface area contributed by atoms with E-state index in [4.69, 9.17) is 27.7 Å². The Labute approximate surface area is 147 Å². The Balaban J connectivity index is 1.59. The fourth-order valence-corrected chi connectivity index (χ4v) is 2.75. The van der Waals surface area contributed by atoms with Crippen LogP contribution in [0.1, 0.15) is 11.7 Å². The van der Waals surface area contributed by atoms with Crippen LogP contribution in [0.4, 0.5) is 5.82 Å². The maximum Gasteiger partial charge on any atom is 0.230 e. The van der Waals surface area contributed by atoms with E-state index in [1.807, 2.05) is 0 Å². The maximum absolute atomic E-state index is 11.7. The van der Waals surface area contributed by atoms with Crippen LogP contribution in [0, 0.1) is 6.92 Å². The smallest absolute Gasteiger partial charge is 0.230 e. The normalized spacial score (nSPS) is 10.6. The van der Waals surface area contributed by atoms with Gasteiger partial charge in [0.15, 0.2) is 5.82 Å². The monoisotopic (exact) mass is 375 g/mol. The average molecular weight is 376 g/mol. The third-order valence-corrected chi connectivity index (χ3v) is 4.00. The SMILES string of the molecule is Cc1nc(CSCC(=O)NCCNc2ncc(Cl)cc2Cl)no1. The molecule has 0 saturated carbocycles. The van der Waals surface area contributed by atoms with Crippen LogP contribution in [0.15, 0.2) is 16.8 Å². The lowest BCUT2D eigenvalue weighted by molar-refractivity contribution is -0.118. The molecule has 7 nitrogen and oxygen atoms in total. The van der Waals surface area contributed by atoms with E-state index in [-0.39, 0.29) is 5.91 Å². The molecule has 0 bridgehead atoms. The fourth-order valence-electron chi connectivity index (χ4n) is 1.61. The Hall–Kier alpha value is -1.51. The van der Waals surface area contributed by atoms with Gasteiger partial charge in [-0.05, 0) is 6.07 Å². The number of carbonyl (C=O) groups is 1. The quantitative estimate of drug-likeness (QED) is 0.684. The van der Waals surface area contributed by atoms with Crippen LogP contribution < -0.4 is 10.6 Å². The van der Waals surface area contributed by atoms with Crippen molar-refractivity contribution in [3.05, 3.63) is 34.0 Å². The van der Waals surface area contributed by atoms with E-state index in [9.17, 15) is 4.79 Å². The third-order valence-electron chi connectivity index (χ3n) is 2.58. The topological polar surface area (TPSA) is 92.9 Å². The van der Waals surface area contributed by atoms with Gasteiger partial charge in [-0.15, -0.1) is 11.8 Å². The summed E-state index contributed by atoms with van der Waals surface area (Å²) in [4.78, 5) is 19.8. The highest BCUT2D eigenvalue weighted by molar-refractivity contribution is 7.99. The number of hydrogen-bond acceptors (Lipinski definition) is 7. The minimum absolute atomic E-state index is 0.0628. The molecule has 0 atom stereocenters. The van der Waals surface area contributed by atoms with Crippen LogP contribution in [0.3, 0.4) is 0 Å². The van der Waals surface area contributed by atoms with Gasteiger partial charge >= 0.3 is 0 Å². The first-order chi connectivity index (χ1) is 11.0. The molecule has 0 spiro atoms. The van der Waals surface area contributed by atoms with Gasteiger partial charge in [-0.2, -0.15) is 4.98 Å². The summed E-state index contributed by atoms with van der Waals surface area (Å²) < 4.78 is 4.85. The van der Waals surface area contributed by atoms with E-state index >= 15 is 0 Å². The maximum atomic E-state index is 11.7. The minimum Gasteiger partial charge on any atom is -0.367 e. The van der Waals surface area contributed by atoms with E-state index in [2.05, 4.69) is 25.8 Å². The van der Waals surface area contributed by atoms with Crippen molar-refractivity contribution < 1.29 is 9.32 Å². The average Bonchev–Trinajstić information content (AvgIpc) is 2.91. The first-order valence-electron chi connectivity index (χ1n) is 6.73. The number of carbonyl (C=O) groups excluding carboxylic acids is 1. The Bertz CT molecular complexity index is 668. The standard InChI is InChI=1S/C13H15Cl2N5O2S/c1-8-19-11(20-22-8)6-23-7-12(21)16-2-3-17-13-10(15)4-9(14)5-18-13/h4-5H,2-3,6-7H2,1H3,(H,16,21)(H,17,18). The van der Waals surface area contributed by atoms with Crippen molar-refractivity contribution in [2.24, 2.45) is 0 Å². The van der Waals surface area contributed by atoms with Gasteiger partial charge in [-0.25, -0.2) is 4.98 Å². The van der Waals surface area contributed by atoms with Crippen LogP contribution in [-0.2, 0) is 10.5 Å². The largest absolute Gasteiger partial charge is 0.367 e. The van der Waals surface area contributed by atoms with Crippen LogP contribution in [0.5, 0.6) is 0 Å². The Morgan fingerprint density at radius 3 is 2.91 bits per heavy atom. The van der Waals surface area contributed by atoms with Crippen LogP contribution >= 0.6 is 35.0 Å². The molecule has 0 aliphatic carbocycles. The number of hydrogen-bond donors (Lipinski definition) is 2. The van der Waals surface area contributed by atoms with Gasteiger partial charge < -0.3 is 15.2 Å². The highest BCUT2D eigenvalue weighted by Gasteiger charge is 2.06. The molecule has 0 unspecified atom stereocenters. The summed E-state index contributed by atoms with van der Waals surface area (Å²) in [5.41, 5.74) is 0. The number of aromatic nitrogens is 3. The molecule has 0 fully saturated rings. The van der Waals surface area contributed by atoms with Gasteiger partial charge in [-0.3, -0.25) is 4.79 Å². The molecule has 124 valence electrons. The second-order valence-corrected chi connectivity index (χ2v) is 6.31. The van der Waals surface area contributed by atoms with E-state index in [0.29, 0.717) is 52.2 Å². The van der Waals surface area contributed by atoms with Gasteiger partial charge in [0, 0.05) is 26.2 Å². The number of pyridine rings is 1. The molecule has 2 heterocycles. The van der Waals surface area contributed by atoms with Crippen molar-refractivity contribution in [1.29, 1.82) is 0 Å². The first kappa shape index (κ1) is 17.8. The van der Waals surface area contributed by atoms with Crippen molar-refractivity contribution in [3.63, 3.8) is 0 Å². The zero-order valence-electron chi connectivity index (χ0n) is 12.3. The molecular formula is C13H15Cl2N5O2S. The van der Waals surface area contributed by atoms with Crippen LogP contribution in [0.2, 0.25) is 10.0 Å². The van der Waals surface area contributed by atoms with Crippen molar-refractivity contribution in [2.45, 2.75) is 12.7 Å². The summed E-state index contributed by atoms with van der Waals surface area (Å²) in [7, 11) is 0. The molecule has 10 heteroatoms. The van der Waals surface area contributed by atoms with Gasteiger partial charge in [0.1, 0.15) is 5.82 Å². The van der Waals surface area contributed by atoms with Gasteiger partial charge in [0.2, 0.25) is 11.8 Å². The van der Waals surface area contributed by atoms with Crippen molar-refractivity contribution in [2.75, 3.05) is 24.2 Å². The highest BCUT2D eigenvalue weighted by atomic mass is 35.5. The van der Waals surface area contributed by atoms with E-state index in [1.54, 1.807) is 13.0 Å². The predicted molar refractivity (Wildman–Crippen MR) is 91.0 cm³/mol. The summed E-state index contributed by atoms with van der Waals surface area (Å²) in [5.74, 6) is 2.44. The highest BCUT2D eigenvalue weighted by Crippen LogP contribution is 2.21. The molecule has 0 saturated heterocycles. The summed E-state index contributed by atoms with van der Waals surface area (Å²) >= 11 is 13.2. The number of nitrogens with one attached hydrogen (secondary N) is 2. The van der Waals surface area contributed by atoms with Crippen LogP contribution in [0.25, 0.3) is 0 Å². The van der Waals surface area contributed by atoms with Gasteiger partial charge in [-0.1, -0.05) is 28.4 Å². The molecule has 0 aliphatic rings. The second kappa shape index (κ2) is 8.95. The molecule has 2 aromatic heterocycles. The third kappa shape index (κ3) is 6.25. The molecule has 2 rings (SSSR count). The van der Waals surface area contributed by atoms with Crippen molar-refractivity contribution in [1.82, 2.24) is 20.4 Å². The number of nitrogens with zero attached hydrogens (tertiary/aromatic N) is 3. The van der Waals surface area contributed by atoms with Gasteiger partial charge in [0.25, 0.3) is 0 Å². The predicted octanol–water partition coefficient (Wildman–Crippen LogP) is 2.54. The number of amides is 1. The summed E-state index contributed by atoms with van der Waals surface area (Å²) in [6.45, 7) is 2.69. The molecule has 1 amide bonds. The summed E-state index contributed by atoms with van der Waals surface area (Å²) in [6.07, 6.45) is 1.50. The molecule has 0 aliphatic heterocycles. The van der Waals surface area contributed by atoms with Crippen molar-refractivity contribution in [3.8, 4) is 0 Å². The second-order valence-electron chi connectivity index (χ2n) is 4.48. The lowest BCUT2D eigenvalue weighted by Gasteiger charge is -2.08. The van der Waals surface area contributed by atoms with Gasteiger partial charge in [0.05, 0.1) is 21.6 Å². The molecule has 0 aromatic carbocycles. The van der Waals surface area contributed by atoms with Crippen molar-refractivity contribution >= 4 is 46.7 Å². The summed E-state index contributed by atoms with van der Waals surface area (Å²) in [6, 6.07) is 1.60. The number of aryl methyl sites for hydroxylation is 1.